The smallest absolute Gasteiger partial charge is 0.414 e. The Hall–Kier alpha value is -2.68. The fourth-order valence-electron chi connectivity index (χ4n) is 3.53. The first-order valence-corrected chi connectivity index (χ1v) is 8.79. The van der Waals surface area contributed by atoms with E-state index in [0.717, 1.165) is 0 Å². The van der Waals surface area contributed by atoms with Crippen molar-refractivity contribution < 1.29 is 28.6 Å². The summed E-state index contributed by atoms with van der Waals surface area (Å²) in [5.41, 5.74) is 0.827. The summed E-state index contributed by atoms with van der Waals surface area (Å²) in [7, 11) is 0. The summed E-state index contributed by atoms with van der Waals surface area (Å²) in [6, 6.07) is 4.13. The van der Waals surface area contributed by atoms with E-state index in [-0.39, 0.29) is 30.9 Å². The number of nitrogens with one attached hydrogen (secondary N) is 1. The molecule has 8 nitrogen and oxygen atoms in total. The maximum absolute atomic E-state index is 14.7. The fourth-order valence-corrected chi connectivity index (χ4v) is 3.53. The number of rotatable bonds is 5. The first-order chi connectivity index (χ1) is 12.9. The SMILES string of the molecule is CC(=O)NCC1COC(=O)N1c1ccc(C2CCN(C(=O)CO)C2)c(F)c1. The van der Waals surface area contributed by atoms with Crippen LogP contribution in [0.1, 0.15) is 24.8 Å². The fraction of sp³-hybridized carbons (Fsp3) is 0.500. The quantitative estimate of drug-likeness (QED) is 0.780. The summed E-state index contributed by atoms with van der Waals surface area (Å²) in [4.78, 5) is 37.6. The molecule has 1 aromatic rings. The van der Waals surface area contributed by atoms with Crippen LogP contribution < -0.4 is 10.2 Å². The number of carbonyl (C=O) groups excluding carboxylic acids is 3. The highest BCUT2D eigenvalue weighted by Crippen LogP contribution is 2.32. The van der Waals surface area contributed by atoms with Gasteiger partial charge in [0.15, 0.2) is 0 Å². The van der Waals surface area contributed by atoms with Crippen LogP contribution in [0.4, 0.5) is 14.9 Å². The summed E-state index contributed by atoms with van der Waals surface area (Å²) in [6.45, 7) is 1.98. The molecule has 0 spiro atoms. The Labute approximate surface area is 155 Å². The van der Waals surface area contributed by atoms with Gasteiger partial charge in [-0.3, -0.25) is 14.5 Å². The molecule has 2 fully saturated rings. The van der Waals surface area contributed by atoms with E-state index < -0.39 is 24.6 Å². The third-order valence-electron chi connectivity index (χ3n) is 4.93. The molecule has 0 bridgehead atoms. The van der Waals surface area contributed by atoms with E-state index in [9.17, 15) is 18.8 Å². The third kappa shape index (κ3) is 4.02. The molecule has 3 amide bonds. The largest absolute Gasteiger partial charge is 0.447 e. The molecule has 2 heterocycles. The van der Waals surface area contributed by atoms with Gasteiger partial charge in [0, 0.05) is 32.5 Å². The lowest BCUT2D eigenvalue weighted by Crippen LogP contribution is -2.42. The van der Waals surface area contributed by atoms with E-state index in [4.69, 9.17) is 9.84 Å². The van der Waals surface area contributed by atoms with Crippen molar-refractivity contribution in [3.8, 4) is 0 Å². The number of benzene rings is 1. The molecule has 27 heavy (non-hydrogen) atoms. The lowest BCUT2D eigenvalue weighted by atomic mass is 9.97. The molecule has 2 aliphatic heterocycles. The van der Waals surface area contributed by atoms with Crippen LogP contribution in [0.3, 0.4) is 0 Å². The molecular weight excluding hydrogens is 357 g/mol. The van der Waals surface area contributed by atoms with Crippen LogP contribution in [0, 0.1) is 5.82 Å². The van der Waals surface area contributed by atoms with Gasteiger partial charge in [-0.25, -0.2) is 9.18 Å². The van der Waals surface area contributed by atoms with E-state index >= 15 is 0 Å². The molecule has 3 rings (SSSR count). The van der Waals surface area contributed by atoms with Gasteiger partial charge in [-0.15, -0.1) is 0 Å². The van der Waals surface area contributed by atoms with Crippen molar-refractivity contribution in [3.63, 3.8) is 0 Å². The summed E-state index contributed by atoms with van der Waals surface area (Å²) >= 11 is 0. The maximum atomic E-state index is 14.7. The van der Waals surface area contributed by atoms with Gasteiger partial charge in [0.2, 0.25) is 11.8 Å². The number of halogens is 1. The zero-order valence-electron chi connectivity index (χ0n) is 15.0. The van der Waals surface area contributed by atoms with E-state index in [1.54, 1.807) is 12.1 Å². The van der Waals surface area contributed by atoms with E-state index in [2.05, 4.69) is 5.32 Å². The first-order valence-electron chi connectivity index (χ1n) is 8.79. The average Bonchev–Trinajstić information content (AvgIpc) is 3.26. The molecule has 146 valence electrons. The molecule has 0 aliphatic carbocycles. The molecule has 9 heteroatoms. The first kappa shape index (κ1) is 19.1. The van der Waals surface area contributed by atoms with E-state index in [1.165, 1.54) is 22.8 Å². The number of amides is 3. The minimum Gasteiger partial charge on any atom is -0.447 e. The third-order valence-corrected chi connectivity index (χ3v) is 4.93. The molecule has 2 atom stereocenters. The van der Waals surface area contributed by atoms with E-state index in [0.29, 0.717) is 30.8 Å². The van der Waals surface area contributed by atoms with Crippen LogP contribution >= 0.6 is 0 Å². The number of aliphatic hydroxyl groups excluding tert-OH is 1. The topological polar surface area (TPSA) is 99.2 Å². The van der Waals surface area contributed by atoms with Gasteiger partial charge in [-0.05, 0) is 24.1 Å². The number of anilines is 1. The molecule has 1 aromatic carbocycles. The highest BCUT2D eigenvalue weighted by molar-refractivity contribution is 5.90. The standard InChI is InChI=1S/C18H22FN3O5/c1-11(24)20-7-14-10-27-18(26)22(14)13-2-3-15(16(19)6-13)12-4-5-21(8-12)17(25)9-23/h2-3,6,12,14,23H,4-5,7-10H2,1H3,(H,20,24). The lowest BCUT2D eigenvalue weighted by molar-refractivity contribution is -0.133. The molecule has 2 aliphatic rings. The maximum Gasteiger partial charge on any atom is 0.414 e. The molecule has 0 radical (unpaired) electrons. The monoisotopic (exact) mass is 379 g/mol. The Morgan fingerprint density at radius 3 is 2.85 bits per heavy atom. The summed E-state index contributed by atoms with van der Waals surface area (Å²) in [5.74, 6) is -1.21. The number of cyclic esters (lactones) is 1. The van der Waals surface area contributed by atoms with E-state index in [1.807, 2.05) is 0 Å². The van der Waals surface area contributed by atoms with Gasteiger partial charge in [-0.2, -0.15) is 0 Å². The molecule has 0 aromatic heterocycles. The number of hydrogen-bond acceptors (Lipinski definition) is 5. The van der Waals surface area contributed by atoms with Gasteiger partial charge in [0.25, 0.3) is 0 Å². The molecular formula is C18H22FN3O5. The second-order valence-corrected chi connectivity index (χ2v) is 6.73. The van der Waals surface area contributed by atoms with Crippen molar-refractivity contribution in [3.05, 3.63) is 29.6 Å². The Morgan fingerprint density at radius 2 is 2.19 bits per heavy atom. The Balaban J connectivity index is 1.75. The van der Waals surface area contributed by atoms with Crippen molar-refractivity contribution in [1.29, 1.82) is 0 Å². The normalized spacial score (nSPS) is 22.1. The number of aliphatic hydroxyl groups is 1. The van der Waals surface area contributed by atoms with Crippen LogP contribution in [0.5, 0.6) is 0 Å². The predicted molar refractivity (Wildman–Crippen MR) is 93.7 cm³/mol. The summed E-state index contributed by atoms with van der Waals surface area (Å²) in [5, 5.41) is 11.6. The lowest BCUT2D eigenvalue weighted by Gasteiger charge is -2.22. The van der Waals surface area contributed by atoms with Gasteiger partial charge >= 0.3 is 6.09 Å². The van der Waals surface area contributed by atoms with Gasteiger partial charge in [0.1, 0.15) is 19.0 Å². The minimum atomic E-state index is -0.585. The van der Waals surface area contributed by atoms with Crippen LogP contribution in [0.25, 0.3) is 0 Å². The Morgan fingerprint density at radius 1 is 1.41 bits per heavy atom. The second kappa shape index (κ2) is 7.91. The molecule has 2 N–H and O–H groups in total. The Bertz CT molecular complexity index is 757. The summed E-state index contributed by atoms with van der Waals surface area (Å²) < 4.78 is 19.8. The number of hydrogen-bond donors (Lipinski definition) is 2. The van der Waals surface area contributed by atoms with Crippen LogP contribution in [0.15, 0.2) is 18.2 Å². The average molecular weight is 379 g/mol. The Kier molecular flexibility index (Phi) is 5.59. The van der Waals surface area contributed by atoms with Crippen molar-refractivity contribution >= 4 is 23.6 Å². The van der Waals surface area contributed by atoms with Crippen molar-refractivity contribution in [2.75, 3.05) is 37.7 Å². The molecule has 0 saturated carbocycles. The van der Waals surface area contributed by atoms with Crippen molar-refractivity contribution in [2.24, 2.45) is 0 Å². The molecule has 2 saturated heterocycles. The number of likely N-dealkylation sites (tertiary alicyclic amines) is 1. The predicted octanol–water partition coefficient (Wildman–Crippen LogP) is 0.595. The highest BCUT2D eigenvalue weighted by Gasteiger charge is 2.35. The van der Waals surface area contributed by atoms with Gasteiger partial charge in [0.05, 0.1) is 11.7 Å². The molecule has 2 unspecified atom stereocenters. The van der Waals surface area contributed by atoms with Gasteiger partial charge in [-0.1, -0.05) is 6.07 Å². The number of nitrogens with zero attached hydrogens (tertiary/aromatic N) is 2. The zero-order chi connectivity index (χ0) is 19.6. The van der Waals surface area contributed by atoms with Crippen LogP contribution in [-0.4, -0.2) is 66.8 Å². The highest BCUT2D eigenvalue weighted by atomic mass is 19.1. The summed E-state index contributed by atoms with van der Waals surface area (Å²) in [6.07, 6.45) is 0.0249. The minimum absolute atomic E-state index is 0.114. The second-order valence-electron chi connectivity index (χ2n) is 6.73. The zero-order valence-corrected chi connectivity index (χ0v) is 15.0. The number of ether oxygens (including phenoxy) is 1. The van der Waals surface area contributed by atoms with Crippen LogP contribution in [0.2, 0.25) is 0 Å². The van der Waals surface area contributed by atoms with Crippen molar-refractivity contribution in [1.82, 2.24) is 10.2 Å². The van der Waals surface area contributed by atoms with Gasteiger partial charge < -0.3 is 20.1 Å². The number of carbonyl (C=O) groups is 3. The van der Waals surface area contributed by atoms with Crippen LogP contribution in [-0.2, 0) is 14.3 Å². The van der Waals surface area contributed by atoms with Crippen molar-refractivity contribution in [2.45, 2.75) is 25.3 Å².